The third kappa shape index (κ3) is 4.85. The molecule has 0 spiro atoms. The van der Waals surface area contributed by atoms with Gasteiger partial charge in [0.15, 0.2) is 0 Å². The van der Waals surface area contributed by atoms with Crippen LogP contribution in [0.2, 0.25) is 0 Å². The van der Waals surface area contributed by atoms with Gasteiger partial charge in [-0.05, 0) is 42.0 Å². The Balaban J connectivity index is 1.68. The van der Waals surface area contributed by atoms with E-state index < -0.39 is 0 Å². The number of benzene rings is 2. The third-order valence-corrected chi connectivity index (χ3v) is 4.83. The van der Waals surface area contributed by atoms with Crippen LogP contribution in [-0.4, -0.2) is 38.0 Å². The first-order chi connectivity index (χ1) is 13.2. The van der Waals surface area contributed by atoms with Gasteiger partial charge < -0.3 is 10.1 Å². The fourth-order valence-corrected chi connectivity index (χ4v) is 3.28. The maximum atomic E-state index is 12.4. The fourth-order valence-electron chi connectivity index (χ4n) is 2.45. The molecule has 3 rings (SSSR count). The Bertz CT molecular complexity index is 885. The second-order valence-electron chi connectivity index (χ2n) is 5.74. The summed E-state index contributed by atoms with van der Waals surface area (Å²) in [5, 5.41) is 15.0. The maximum Gasteiger partial charge on any atom is 0.233 e. The third-order valence-electron chi connectivity index (χ3n) is 3.80. The predicted octanol–water partition coefficient (Wildman–Crippen LogP) is 2.86. The molecule has 27 heavy (non-hydrogen) atoms. The number of carbonyl (C=O) groups is 1. The fraction of sp³-hybridized carbons (Fsp3) is 0.263. The summed E-state index contributed by atoms with van der Waals surface area (Å²) in [7, 11) is 0. The smallest absolute Gasteiger partial charge is 0.233 e. The number of nitrogens with one attached hydrogen (secondary N) is 1. The number of nitrogens with zero attached hydrogens (tertiary/aromatic N) is 4. The predicted molar refractivity (Wildman–Crippen MR) is 104 cm³/mol. The average molecular weight is 383 g/mol. The summed E-state index contributed by atoms with van der Waals surface area (Å²) < 4.78 is 7.24. The van der Waals surface area contributed by atoms with Gasteiger partial charge in [0.1, 0.15) is 11.4 Å². The molecule has 1 atom stereocenters. The van der Waals surface area contributed by atoms with Crippen molar-refractivity contribution in [2.45, 2.75) is 30.8 Å². The van der Waals surface area contributed by atoms with E-state index in [1.165, 1.54) is 11.8 Å². The molecule has 8 heteroatoms. The Morgan fingerprint density at radius 3 is 2.70 bits per heavy atom. The summed E-state index contributed by atoms with van der Waals surface area (Å²) in [6, 6.07) is 17.3. The minimum Gasteiger partial charge on any atom is -0.492 e. The molecule has 1 aromatic heterocycles. The molecule has 0 aliphatic carbocycles. The summed E-state index contributed by atoms with van der Waals surface area (Å²) >= 11 is 1.30. The van der Waals surface area contributed by atoms with Crippen LogP contribution < -0.4 is 10.1 Å². The summed E-state index contributed by atoms with van der Waals surface area (Å²) in [6.45, 7) is 4.78. The highest BCUT2D eigenvalue weighted by molar-refractivity contribution is 8.00. The van der Waals surface area contributed by atoms with E-state index in [0.29, 0.717) is 24.1 Å². The lowest BCUT2D eigenvalue weighted by atomic mass is 10.2. The highest BCUT2D eigenvalue weighted by Gasteiger charge is 2.20. The molecule has 7 nitrogen and oxygen atoms in total. The van der Waals surface area contributed by atoms with Crippen LogP contribution in [0, 0.1) is 0 Å². The van der Waals surface area contributed by atoms with Crippen molar-refractivity contribution in [3.8, 4) is 11.4 Å². The molecule has 0 radical (unpaired) electrons. The van der Waals surface area contributed by atoms with Crippen LogP contribution >= 0.6 is 11.8 Å². The SMILES string of the molecule is CCOc1ccccc1-n1nnnc1S[C@@H](C)C(=O)NCc1ccccc1. The van der Waals surface area contributed by atoms with Gasteiger partial charge in [0.25, 0.3) is 0 Å². The number of ether oxygens (including phenoxy) is 1. The van der Waals surface area contributed by atoms with Crippen molar-refractivity contribution in [1.29, 1.82) is 0 Å². The van der Waals surface area contributed by atoms with Crippen molar-refractivity contribution < 1.29 is 9.53 Å². The first-order valence-corrected chi connectivity index (χ1v) is 9.56. The average Bonchev–Trinajstić information content (AvgIpc) is 3.15. The van der Waals surface area contributed by atoms with Gasteiger partial charge in [-0.3, -0.25) is 4.79 Å². The topological polar surface area (TPSA) is 81.9 Å². The minimum atomic E-state index is -0.349. The normalized spacial score (nSPS) is 11.8. The number of tetrazole rings is 1. The van der Waals surface area contributed by atoms with Gasteiger partial charge >= 0.3 is 0 Å². The Labute approximate surface area is 162 Å². The first-order valence-electron chi connectivity index (χ1n) is 8.68. The van der Waals surface area contributed by atoms with Crippen molar-refractivity contribution in [3.05, 3.63) is 60.2 Å². The molecule has 1 heterocycles. The van der Waals surface area contributed by atoms with E-state index in [9.17, 15) is 4.79 Å². The van der Waals surface area contributed by atoms with E-state index in [-0.39, 0.29) is 11.2 Å². The van der Waals surface area contributed by atoms with Crippen molar-refractivity contribution in [2.24, 2.45) is 0 Å². The van der Waals surface area contributed by atoms with Crippen molar-refractivity contribution >= 4 is 17.7 Å². The standard InChI is InChI=1S/C19H21N5O2S/c1-3-26-17-12-8-7-11-16(17)24-19(21-22-23-24)27-14(2)18(25)20-13-15-9-5-4-6-10-15/h4-12,14H,3,13H2,1-2H3,(H,20,25)/t14-/m0/s1. The van der Waals surface area contributed by atoms with Crippen LogP contribution in [0.15, 0.2) is 59.8 Å². The number of rotatable bonds is 8. The highest BCUT2D eigenvalue weighted by Crippen LogP contribution is 2.27. The largest absolute Gasteiger partial charge is 0.492 e. The van der Waals surface area contributed by atoms with Crippen molar-refractivity contribution in [2.75, 3.05) is 6.61 Å². The van der Waals surface area contributed by atoms with Gasteiger partial charge in [0.05, 0.1) is 11.9 Å². The molecule has 1 amide bonds. The number of amides is 1. The number of thioether (sulfide) groups is 1. The number of hydrogen-bond acceptors (Lipinski definition) is 6. The van der Waals surface area contributed by atoms with Gasteiger partial charge in [-0.25, -0.2) is 0 Å². The molecule has 3 aromatic rings. The van der Waals surface area contributed by atoms with E-state index in [0.717, 1.165) is 11.3 Å². The molecule has 0 saturated carbocycles. The van der Waals surface area contributed by atoms with Gasteiger partial charge in [-0.15, -0.1) is 5.10 Å². The molecule has 0 fully saturated rings. The zero-order valence-electron chi connectivity index (χ0n) is 15.2. The summed E-state index contributed by atoms with van der Waals surface area (Å²) in [5.74, 6) is 0.617. The monoisotopic (exact) mass is 383 g/mol. The first kappa shape index (κ1) is 18.9. The van der Waals surface area contributed by atoms with Gasteiger partial charge in [0, 0.05) is 6.54 Å². The molecule has 0 aliphatic heterocycles. The lowest BCUT2D eigenvalue weighted by Crippen LogP contribution is -2.30. The molecular weight excluding hydrogens is 362 g/mol. The minimum absolute atomic E-state index is 0.0727. The van der Waals surface area contributed by atoms with E-state index in [2.05, 4.69) is 20.8 Å². The van der Waals surface area contributed by atoms with E-state index >= 15 is 0 Å². The second kappa shape index (κ2) is 9.18. The molecule has 0 unspecified atom stereocenters. The molecule has 0 aliphatic rings. The van der Waals surface area contributed by atoms with Crippen LogP contribution in [0.1, 0.15) is 19.4 Å². The molecule has 2 aromatic carbocycles. The Hall–Kier alpha value is -2.87. The Morgan fingerprint density at radius 2 is 1.93 bits per heavy atom. The number of hydrogen-bond donors (Lipinski definition) is 1. The molecular formula is C19H21N5O2S. The summed E-state index contributed by atoms with van der Waals surface area (Å²) in [4.78, 5) is 12.4. The van der Waals surface area contributed by atoms with Gasteiger partial charge in [0.2, 0.25) is 11.1 Å². The van der Waals surface area contributed by atoms with Crippen LogP contribution in [0.4, 0.5) is 0 Å². The molecule has 0 bridgehead atoms. The Morgan fingerprint density at radius 1 is 1.19 bits per heavy atom. The lowest BCUT2D eigenvalue weighted by molar-refractivity contribution is -0.120. The van der Waals surface area contributed by atoms with Crippen molar-refractivity contribution in [1.82, 2.24) is 25.5 Å². The van der Waals surface area contributed by atoms with Gasteiger partial charge in [-0.1, -0.05) is 54.2 Å². The maximum absolute atomic E-state index is 12.4. The number of aromatic nitrogens is 4. The Kier molecular flexibility index (Phi) is 6.43. The van der Waals surface area contributed by atoms with Gasteiger partial charge in [-0.2, -0.15) is 4.68 Å². The van der Waals surface area contributed by atoms with Crippen LogP contribution in [0.3, 0.4) is 0 Å². The van der Waals surface area contributed by atoms with Crippen LogP contribution in [0.25, 0.3) is 5.69 Å². The molecule has 1 N–H and O–H groups in total. The van der Waals surface area contributed by atoms with Crippen molar-refractivity contribution in [3.63, 3.8) is 0 Å². The zero-order chi connectivity index (χ0) is 19.1. The summed E-state index contributed by atoms with van der Waals surface area (Å²) in [6.07, 6.45) is 0. The van der Waals surface area contributed by atoms with Crippen LogP contribution in [-0.2, 0) is 11.3 Å². The molecule has 140 valence electrons. The quantitative estimate of drug-likeness (QED) is 0.603. The van der Waals surface area contributed by atoms with E-state index in [1.807, 2.05) is 68.4 Å². The summed E-state index contributed by atoms with van der Waals surface area (Å²) in [5.41, 5.74) is 1.79. The second-order valence-corrected chi connectivity index (χ2v) is 7.05. The number of carbonyl (C=O) groups excluding carboxylic acids is 1. The number of para-hydroxylation sites is 2. The highest BCUT2D eigenvalue weighted by atomic mass is 32.2. The zero-order valence-corrected chi connectivity index (χ0v) is 16.0. The van der Waals surface area contributed by atoms with E-state index in [4.69, 9.17) is 4.74 Å². The lowest BCUT2D eigenvalue weighted by Gasteiger charge is -2.13. The molecule has 0 saturated heterocycles. The van der Waals surface area contributed by atoms with E-state index in [1.54, 1.807) is 4.68 Å². The van der Waals surface area contributed by atoms with Crippen LogP contribution in [0.5, 0.6) is 5.75 Å².